The van der Waals surface area contributed by atoms with E-state index in [4.69, 9.17) is 4.74 Å². The van der Waals surface area contributed by atoms with Crippen molar-refractivity contribution in [3.8, 4) is 11.5 Å². The lowest BCUT2D eigenvalue weighted by atomic mass is 10.1. The highest BCUT2D eigenvalue weighted by molar-refractivity contribution is 5.39. The Morgan fingerprint density at radius 3 is 2.85 bits per heavy atom. The van der Waals surface area contributed by atoms with Crippen LogP contribution in [0.25, 0.3) is 0 Å². The summed E-state index contributed by atoms with van der Waals surface area (Å²) in [5.41, 5.74) is 1.02. The fraction of sp³-hybridized carbons (Fsp3) is 0.400. The molecule has 3 heteroatoms. The maximum Gasteiger partial charge on any atom is 0.122 e. The van der Waals surface area contributed by atoms with Crippen LogP contribution in [0, 0.1) is 0 Å². The van der Waals surface area contributed by atoms with Gasteiger partial charge in [0.1, 0.15) is 11.5 Å². The van der Waals surface area contributed by atoms with E-state index in [9.17, 15) is 5.11 Å². The van der Waals surface area contributed by atoms with Crippen molar-refractivity contribution in [1.29, 1.82) is 0 Å². The van der Waals surface area contributed by atoms with Gasteiger partial charge in [-0.15, -0.1) is 0 Å². The Hall–Kier alpha value is -1.22. The van der Waals surface area contributed by atoms with Crippen molar-refractivity contribution < 1.29 is 9.84 Å². The van der Waals surface area contributed by atoms with E-state index in [0.29, 0.717) is 0 Å². The average molecular weight is 181 g/mol. The molecule has 1 aromatic rings. The first kappa shape index (κ1) is 9.86. The monoisotopic (exact) mass is 181 g/mol. The van der Waals surface area contributed by atoms with E-state index in [0.717, 1.165) is 24.3 Å². The molecule has 0 saturated heterocycles. The molecule has 0 atom stereocenters. The molecule has 0 radical (unpaired) electrons. The zero-order chi connectivity index (χ0) is 9.68. The highest BCUT2D eigenvalue weighted by Gasteiger charge is 2.02. The fourth-order valence-corrected chi connectivity index (χ4v) is 1.22. The van der Waals surface area contributed by atoms with Crippen molar-refractivity contribution in [3.05, 3.63) is 23.8 Å². The smallest absolute Gasteiger partial charge is 0.122 e. The van der Waals surface area contributed by atoms with Gasteiger partial charge in [-0.3, -0.25) is 0 Å². The second kappa shape index (κ2) is 4.72. The minimum atomic E-state index is 0.284. The minimum absolute atomic E-state index is 0.284. The molecule has 1 aromatic carbocycles. The molecule has 13 heavy (non-hydrogen) atoms. The molecule has 3 nitrogen and oxygen atoms in total. The zero-order valence-electron chi connectivity index (χ0n) is 8.00. The van der Waals surface area contributed by atoms with E-state index in [1.165, 1.54) is 0 Å². The molecule has 0 bridgehead atoms. The van der Waals surface area contributed by atoms with E-state index < -0.39 is 0 Å². The van der Waals surface area contributed by atoms with E-state index in [1.807, 2.05) is 7.05 Å². The fourth-order valence-electron chi connectivity index (χ4n) is 1.22. The molecule has 0 aliphatic carbocycles. The van der Waals surface area contributed by atoms with Crippen molar-refractivity contribution >= 4 is 0 Å². The van der Waals surface area contributed by atoms with Crippen LogP contribution in [-0.4, -0.2) is 25.8 Å². The van der Waals surface area contributed by atoms with Gasteiger partial charge in [-0.05, 0) is 43.8 Å². The lowest BCUT2D eigenvalue weighted by molar-refractivity contribution is 0.406. The molecule has 0 aliphatic heterocycles. The second-order valence-corrected chi connectivity index (χ2v) is 2.85. The molecular formula is C10H15NO2. The van der Waals surface area contributed by atoms with Gasteiger partial charge in [0, 0.05) is 0 Å². The molecule has 0 heterocycles. The number of benzene rings is 1. The van der Waals surface area contributed by atoms with E-state index in [1.54, 1.807) is 25.3 Å². The summed E-state index contributed by atoms with van der Waals surface area (Å²) in [6, 6.07) is 5.14. The van der Waals surface area contributed by atoms with Crippen molar-refractivity contribution in [2.75, 3.05) is 20.7 Å². The quantitative estimate of drug-likeness (QED) is 0.732. The summed E-state index contributed by atoms with van der Waals surface area (Å²) in [5.74, 6) is 1.11. The van der Waals surface area contributed by atoms with E-state index in [-0.39, 0.29) is 5.75 Å². The van der Waals surface area contributed by atoms with Gasteiger partial charge in [0.15, 0.2) is 0 Å². The topological polar surface area (TPSA) is 41.5 Å². The number of nitrogens with one attached hydrogen (secondary N) is 1. The summed E-state index contributed by atoms with van der Waals surface area (Å²) in [6.07, 6.45) is 0.855. The third-order valence-corrected chi connectivity index (χ3v) is 1.91. The number of ether oxygens (including phenoxy) is 1. The SMILES string of the molecule is CNCCc1cc(O)ccc1OC. The van der Waals surface area contributed by atoms with Crippen LogP contribution in [0.5, 0.6) is 11.5 Å². The lowest BCUT2D eigenvalue weighted by Gasteiger charge is -2.08. The summed E-state index contributed by atoms with van der Waals surface area (Å²) < 4.78 is 5.16. The third kappa shape index (κ3) is 2.63. The Labute approximate surface area is 78.3 Å². The van der Waals surface area contributed by atoms with Gasteiger partial charge in [-0.2, -0.15) is 0 Å². The first-order chi connectivity index (χ1) is 6.27. The van der Waals surface area contributed by atoms with Gasteiger partial charge in [0.2, 0.25) is 0 Å². The van der Waals surface area contributed by atoms with Crippen LogP contribution in [0.3, 0.4) is 0 Å². The molecular weight excluding hydrogens is 166 g/mol. The Balaban J connectivity index is 2.81. The van der Waals surface area contributed by atoms with Gasteiger partial charge >= 0.3 is 0 Å². The van der Waals surface area contributed by atoms with Crippen molar-refractivity contribution in [2.24, 2.45) is 0 Å². The second-order valence-electron chi connectivity index (χ2n) is 2.85. The first-order valence-electron chi connectivity index (χ1n) is 4.28. The first-order valence-corrected chi connectivity index (χ1v) is 4.28. The number of likely N-dealkylation sites (N-methyl/N-ethyl adjacent to an activating group) is 1. The molecule has 0 fully saturated rings. The van der Waals surface area contributed by atoms with Crippen LogP contribution in [-0.2, 0) is 6.42 Å². The molecule has 72 valence electrons. The predicted octanol–water partition coefficient (Wildman–Crippen LogP) is 1.16. The van der Waals surface area contributed by atoms with Crippen LogP contribution in [0.1, 0.15) is 5.56 Å². The largest absolute Gasteiger partial charge is 0.508 e. The standard InChI is InChI=1S/C10H15NO2/c1-11-6-5-8-7-9(12)3-4-10(8)13-2/h3-4,7,11-12H,5-6H2,1-2H3. The Morgan fingerprint density at radius 2 is 2.23 bits per heavy atom. The Kier molecular flexibility index (Phi) is 3.58. The molecule has 1 rings (SSSR count). The molecule has 0 aromatic heterocycles. The highest BCUT2D eigenvalue weighted by atomic mass is 16.5. The van der Waals surface area contributed by atoms with Gasteiger partial charge in [-0.25, -0.2) is 0 Å². The maximum absolute atomic E-state index is 9.26. The number of phenolic OH excluding ortho intramolecular Hbond substituents is 1. The van der Waals surface area contributed by atoms with Crippen molar-refractivity contribution in [2.45, 2.75) is 6.42 Å². The average Bonchev–Trinajstić information content (AvgIpc) is 2.15. The molecule has 0 amide bonds. The summed E-state index contributed by atoms with van der Waals surface area (Å²) in [5, 5.41) is 12.3. The van der Waals surface area contributed by atoms with Gasteiger partial charge in [0.25, 0.3) is 0 Å². The minimum Gasteiger partial charge on any atom is -0.508 e. The summed E-state index contributed by atoms with van der Waals surface area (Å²) in [4.78, 5) is 0. The van der Waals surface area contributed by atoms with Crippen molar-refractivity contribution in [3.63, 3.8) is 0 Å². The summed E-state index contributed by atoms with van der Waals surface area (Å²) in [6.45, 7) is 0.875. The molecule has 0 unspecified atom stereocenters. The molecule has 0 saturated carbocycles. The maximum atomic E-state index is 9.26. The summed E-state index contributed by atoms with van der Waals surface area (Å²) in [7, 11) is 3.53. The number of hydrogen-bond acceptors (Lipinski definition) is 3. The van der Waals surface area contributed by atoms with Gasteiger partial charge in [-0.1, -0.05) is 0 Å². The Bertz CT molecular complexity index is 274. The van der Waals surface area contributed by atoms with Crippen LogP contribution >= 0.6 is 0 Å². The van der Waals surface area contributed by atoms with E-state index >= 15 is 0 Å². The van der Waals surface area contributed by atoms with Gasteiger partial charge in [0.05, 0.1) is 7.11 Å². The predicted molar refractivity (Wildman–Crippen MR) is 52.3 cm³/mol. The van der Waals surface area contributed by atoms with Crippen LogP contribution in [0.4, 0.5) is 0 Å². The molecule has 0 aliphatic rings. The lowest BCUT2D eigenvalue weighted by Crippen LogP contribution is -2.10. The number of hydrogen-bond donors (Lipinski definition) is 2. The summed E-state index contributed by atoms with van der Waals surface area (Å²) >= 11 is 0. The number of methoxy groups -OCH3 is 1. The number of rotatable bonds is 4. The van der Waals surface area contributed by atoms with Gasteiger partial charge < -0.3 is 15.2 Å². The number of aromatic hydroxyl groups is 1. The van der Waals surface area contributed by atoms with E-state index in [2.05, 4.69) is 5.32 Å². The third-order valence-electron chi connectivity index (χ3n) is 1.91. The number of phenols is 1. The van der Waals surface area contributed by atoms with Crippen LogP contribution in [0.2, 0.25) is 0 Å². The zero-order valence-corrected chi connectivity index (χ0v) is 8.00. The molecule has 0 spiro atoms. The Morgan fingerprint density at radius 1 is 1.46 bits per heavy atom. The molecule has 2 N–H and O–H groups in total. The van der Waals surface area contributed by atoms with Crippen LogP contribution in [0.15, 0.2) is 18.2 Å². The normalized spacial score (nSPS) is 10.0. The highest BCUT2D eigenvalue weighted by Crippen LogP contribution is 2.23. The van der Waals surface area contributed by atoms with Crippen LogP contribution < -0.4 is 10.1 Å². The van der Waals surface area contributed by atoms with Crippen molar-refractivity contribution in [1.82, 2.24) is 5.32 Å².